The summed E-state index contributed by atoms with van der Waals surface area (Å²) in [6, 6.07) is 4.83. The van der Waals surface area contributed by atoms with Crippen LogP contribution in [0.5, 0.6) is 5.75 Å². The third kappa shape index (κ3) is 3.92. The summed E-state index contributed by atoms with van der Waals surface area (Å²) >= 11 is 0. The first-order valence-corrected chi connectivity index (χ1v) is 7.45. The van der Waals surface area contributed by atoms with E-state index in [-0.39, 0.29) is 17.1 Å². The third-order valence-corrected chi connectivity index (χ3v) is 3.57. The molecule has 1 fully saturated rings. The summed E-state index contributed by atoms with van der Waals surface area (Å²) in [5.74, 6) is -2.70. The van der Waals surface area contributed by atoms with Gasteiger partial charge in [-0.25, -0.2) is 9.59 Å². The molecule has 0 amide bonds. The van der Waals surface area contributed by atoms with E-state index in [0.717, 1.165) is 6.26 Å². The normalized spacial score (nSPS) is 16.2. The van der Waals surface area contributed by atoms with Crippen LogP contribution in [0.25, 0.3) is 0 Å². The summed E-state index contributed by atoms with van der Waals surface area (Å²) < 4.78 is 31.1. The van der Waals surface area contributed by atoms with Crippen molar-refractivity contribution in [2.75, 3.05) is 34.5 Å². The minimum atomic E-state index is -1.13. The van der Waals surface area contributed by atoms with Gasteiger partial charge in [-0.2, -0.15) is 0 Å². The number of ether oxygens (including phenoxy) is 6. The van der Waals surface area contributed by atoms with Crippen LogP contribution in [-0.2, 0) is 34.3 Å². The van der Waals surface area contributed by atoms with Gasteiger partial charge in [-0.05, 0) is 13.0 Å². The van der Waals surface area contributed by atoms with Gasteiger partial charge < -0.3 is 28.4 Å². The Morgan fingerprint density at radius 3 is 2.36 bits per heavy atom. The first-order chi connectivity index (χ1) is 12.0. The Kier molecular flexibility index (Phi) is 6.00. The maximum atomic E-state index is 12.4. The number of methoxy groups -OCH3 is 3. The topological polar surface area (TPSA) is 89.5 Å². The molecule has 0 unspecified atom stereocenters. The maximum absolute atomic E-state index is 12.4. The van der Waals surface area contributed by atoms with Gasteiger partial charge in [-0.15, -0.1) is 0 Å². The van der Waals surface area contributed by atoms with Crippen molar-refractivity contribution in [1.29, 1.82) is 0 Å². The van der Waals surface area contributed by atoms with Gasteiger partial charge in [0, 0.05) is 5.56 Å². The van der Waals surface area contributed by atoms with Gasteiger partial charge in [-0.1, -0.05) is 12.1 Å². The van der Waals surface area contributed by atoms with Crippen molar-refractivity contribution in [3.05, 3.63) is 41.3 Å². The molecule has 1 saturated heterocycles. The second kappa shape index (κ2) is 8.00. The van der Waals surface area contributed by atoms with Crippen LogP contribution in [0.3, 0.4) is 0 Å². The maximum Gasteiger partial charge on any atom is 0.377 e. The van der Waals surface area contributed by atoms with E-state index in [0.29, 0.717) is 18.8 Å². The van der Waals surface area contributed by atoms with Gasteiger partial charge >= 0.3 is 11.9 Å². The molecule has 136 valence electrons. The molecule has 0 aromatic heterocycles. The number of rotatable bonds is 6. The van der Waals surface area contributed by atoms with E-state index in [1.807, 2.05) is 0 Å². The van der Waals surface area contributed by atoms with Crippen LogP contribution in [-0.4, -0.2) is 46.5 Å². The second-order valence-corrected chi connectivity index (χ2v) is 5.12. The van der Waals surface area contributed by atoms with Crippen LogP contribution in [0.15, 0.2) is 30.2 Å². The zero-order chi connectivity index (χ0) is 18.4. The molecule has 0 N–H and O–H groups in total. The Morgan fingerprint density at radius 1 is 1.12 bits per heavy atom. The Balaban J connectivity index is 2.52. The van der Waals surface area contributed by atoms with Crippen LogP contribution in [0.2, 0.25) is 0 Å². The molecule has 1 aliphatic rings. The van der Waals surface area contributed by atoms with Gasteiger partial charge in [0.05, 0.1) is 34.5 Å². The number of hydrogen-bond donors (Lipinski definition) is 0. The summed E-state index contributed by atoms with van der Waals surface area (Å²) in [6.45, 7) is 2.47. The largest absolute Gasteiger partial charge is 0.500 e. The highest BCUT2D eigenvalue weighted by molar-refractivity contribution is 5.95. The number of hydrogen-bond acceptors (Lipinski definition) is 8. The van der Waals surface area contributed by atoms with E-state index in [1.165, 1.54) is 27.4 Å². The van der Waals surface area contributed by atoms with Crippen molar-refractivity contribution < 1.29 is 38.0 Å². The minimum Gasteiger partial charge on any atom is -0.500 e. The quantitative estimate of drug-likeness (QED) is 0.434. The molecule has 0 bridgehead atoms. The number of carbonyl (C=O) groups is 2. The smallest absolute Gasteiger partial charge is 0.377 e. The van der Waals surface area contributed by atoms with E-state index in [4.69, 9.17) is 23.7 Å². The molecular formula is C17H20O8. The molecule has 0 atom stereocenters. The highest BCUT2D eigenvalue weighted by Crippen LogP contribution is 2.37. The van der Waals surface area contributed by atoms with Gasteiger partial charge in [0.2, 0.25) is 5.76 Å². The third-order valence-electron chi connectivity index (χ3n) is 3.57. The fourth-order valence-electron chi connectivity index (χ4n) is 2.42. The van der Waals surface area contributed by atoms with Crippen LogP contribution < -0.4 is 4.74 Å². The lowest BCUT2D eigenvalue weighted by atomic mass is 9.99. The van der Waals surface area contributed by atoms with Crippen LogP contribution >= 0.6 is 0 Å². The zero-order valence-electron chi connectivity index (χ0n) is 14.5. The van der Waals surface area contributed by atoms with Crippen LogP contribution in [0.4, 0.5) is 0 Å². The molecule has 1 aliphatic heterocycles. The Bertz CT molecular complexity index is 673. The Morgan fingerprint density at radius 2 is 1.80 bits per heavy atom. The fraction of sp³-hybridized carbons (Fsp3) is 0.412. The minimum absolute atomic E-state index is 0.0818. The van der Waals surface area contributed by atoms with Gasteiger partial charge in [0.15, 0.2) is 5.79 Å². The summed E-state index contributed by atoms with van der Waals surface area (Å²) in [6.07, 6.45) is 1.07. The second-order valence-electron chi connectivity index (χ2n) is 5.12. The molecule has 8 heteroatoms. The molecule has 8 nitrogen and oxygen atoms in total. The monoisotopic (exact) mass is 352 g/mol. The number of carbonyl (C=O) groups excluding carboxylic acids is 2. The lowest BCUT2D eigenvalue weighted by Gasteiger charge is -2.25. The summed E-state index contributed by atoms with van der Waals surface area (Å²) in [7, 11) is 3.80. The van der Waals surface area contributed by atoms with Crippen molar-refractivity contribution in [3.8, 4) is 5.75 Å². The van der Waals surface area contributed by atoms with Crippen molar-refractivity contribution in [1.82, 2.24) is 0 Å². The Labute approximate surface area is 145 Å². The first kappa shape index (κ1) is 18.8. The fourth-order valence-corrected chi connectivity index (χ4v) is 2.42. The van der Waals surface area contributed by atoms with Crippen LogP contribution in [0.1, 0.15) is 22.8 Å². The van der Waals surface area contributed by atoms with E-state index >= 15 is 0 Å². The lowest BCUT2D eigenvalue weighted by molar-refractivity contribution is -0.150. The molecular weight excluding hydrogens is 332 g/mol. The molecule has 0 saturated carbocycles. The lowest BCUT2D eigenvalue weighted by Crippen LogP contribution is -2.26. The summed E-state index contributed by atoms with van der Waals surface area (Å²) in [4.78, 5) is 24.2. The van der Waals surface area contributed by atoms with Gasteiger partial charge in [0.1, 0.15) is 17.6 Å². The predicted molar refractivity (Wildman–Crippen MR) is 84.8 cm³/mol. The van der Waals surface area contributed by atoms with E-state index in [1.54, 1.807) is 19.1 Å². The molecule has 2 rings (SSSR count). The zero-order valence-corrected chi connectivity index (χ0v) is 14.5. The molecule has 0 spiro atoms. The summed E-state index contributed by atoms with van der Waals surface area (Å²) in [5, 5.41) is 0. The highest BCUT2D eigenvalue weighted by Gasteiger charge is 2.38. The van der Waals surface area contributed by atoms with E-state index < -0.39 is 17.7 Å². The average molecular weight is 352 g/mol. The first-order valence-electron chi connectivity index (χ1n) is 7.45. The van der Waals surface area contributed by atoms with Gasteiger partial charge in [0.25, 0.3) is 0 Å². The molecule has 0 radical (unpaired) electrons. The van der Waals surface area contributed by atoms with Crippen molar-refractivity contribution in [3.63, 3.8) is 0 Å². The molecule has 1 aromatic rings. The summed E-state index contributed by atoms with van der Waals surface area (Å²) in [5.41, 5.74) is 0.510. The number of esters is 2. The van der Waals surface area contributed by atoms with Crippen LogP contribution in [0, 0.1) is 0 Å². The average Bonchev–Trinajstić information content (AvgIpc) is 3.07. The predicted octanol–water partition coefficient (Wildman–Crippen LogP) is 1.73. The molecule has 1 heterocycles. The molecule has 1 aromatic carbocycles. The van der Waals surface area contributed by atoms with Gasteiger partial charge in [-0.3, -0.25) is 0 Å². The van der Waals surface area contributed by atoms with Crippen molar-refractivity contribution >= 4 is 11.9 Å². The highest BCUT2D eigenvalue weighted by atomic mass is 16.7. The molecule has 25 heavy (non-hydrogen) atoms. The van der Waals surface area contributed by atoms with E-state index in [2.05, 4.69) is 4.74 Å². The standard InChI is InChI=1S/C17H20O8/c1-17(23-8-9-24-17)11-6-5-7-12(14(11)16(19)22-4)25-13(10-20-2)15(18)21-3/h5-7,10H,8-9H2,1-4H3/b13-10+. The SMILES string of the molecule is CO/C=C(/Oc1cccc(C2(C)OCCO2)c1C(=O)OC)C(=O)OC. The number of benzene rings is 1. The molecule has 0 aliphatic carbocycles. The Hall–Kier alpha value is -2.58. The van der Waals surface area contributed by atoms with E-state index in [9.17, 15) is 9.59 Å². The van der Waals surface area contributed by atoms with Crippen molar-refractivity contribution in [2.45, 2.75) is 12.7 Å². The van der Waals surface area contributed by atoms with Crippen molar-refractivity contribution in [2.24, 2.45) is 0 Å².